The van der Waals surface area contributed by atoms with Crippen LogP contribution in [0.2, 0.25) is 0 Å². The third-order valence-corrected chi connectivity index (χ3v) is 4.74. The number of nitrogens with zero attached hydrogens (tertiary/aromatic N) is 1. The Morgan fingerprint density at radius 3 is 3.17 bits per heavy atom. The molecule has 102 valence electrons. The zero-order valence-electron chi connectivity index (χ0n) is 11.5. The lowest BCUT2D eigenvalue weighted by Gasteiger charge is -2.16. The van der Waals surface area contributed by atoms with Crippen molar-refractivity contribution in [3.8, 4) is 0 Å². The summed E-state index contributed by atoms with van der Waals surface area (Å²) in [4.78, 5) is 4.12. The van der Waals surface area contributed by atoms with E-state index in [-0.39, 0.29) is 0 Å². The Bertz CT molecular complexity index is 310. The molecule has 2 heterocycles. The normalized spacial score (nSPS) is 20.6. The van der Waals surface area contributed by atoms with Gasteiger partial charge in [0.25, 0.3) is 0 Å². The van der Waals surface area contributed by atoms with Gasteiger partial charge in [0, 0.05) is 31.1 Å². The van der Waals surface area contributed by atoms with Crippen LogP contribution in [0.25, 0.3) is 0 Å². The molecule has 0 spiro atoms. The topological polar surface area (TPSA) is 15.3 Å². The average molecular weight is 266 g/mol. The van der Waals surface area contributed by atoms with Crippen LogP contribution in [0.3, 0.4) is 0 Å². The van der Waals surface area contributed by atoms with Crippen LogP contribution in [-0.2, 0) is 6.42 Å². The van der Waals surface area contributed by atoms with Crippen LogP contribution >= 0.6 is 11.3 Å². The molecule has 1 aromatic heterocycles. The summed E-state index contributed by atoms with van der Waals surface area (Å²) in [7, 11) is 0. The molecule has 1 N–H and O–H groups in total. The van der Waals surface area contributed by atoms with E-state index in [2.05, 4.69) is 34.7 Å². The zero-order valence-corrected chi connectivity index (χ0v) is 12.3. The summed E-state index contributed by atoms with van der Waals surface area (Å²) >= 11 is 1.86. The minimum atomic E-state index is 0.973. The number of rotatable bonds is 8. The van der Waals surface area contributed by atoms with Gasteiger partial charge in [-0.2, -0.15) is 0 Å². The zero-order chi connectivity index (χ0) is 12.6. The van der Waals surface area contributed by atoms with Crippen LogP contribution in [-0.4, -0.2) is 37.6 Å². The van der Waals surface area contributed by atoms with Crippen LogP contribution in [0.4, 0.5) is 0 Å². The van der Waals surface area contributed by atoms with Crippen LogP contribution in [0.15, 0.2) is 17.5 Å². The molecular formula is C15H26N2S. The quantitative estimate of drug-likeness (QED) is 0.728. The summed E-state index contributed by atoms with van der Waals surface area (Å²) in [5.74, 6) is 0.973. The van der Waals surface area contributed by atoms with Crippen molar-refractivity contribution < 1.29 is 0 Å². The highest BCUT2D eigenvalue weighted by Gasteiger charge is 2.20. The molecule has 1 saturated heterocycles. The van der Waals surface area contributed by atoms with Crippen LogP contribution in [0.5, 0.6) is 0 Å². The van der Waals surface area contributed by atoms with E-state index in [9.17, 15) is 0 Å². The van der Waals surface area contributed by atoms with Gasteiger partial charge >= 0.3 is 0 Å². The number of hydrogen-bond donors (Lipinski definition) is 1. The first kappa shape index (κ1) is 14.0. The molecule has 0 aromatic carbocycles. The lowest BCUT2D eigenvalue weighted by molar-refractivity contribution is 0.319. The highest BCUT2D eigenvalue weighted by atomic mass is 32.1. The average Bonchev–Trinajstić information content (AvgIpc) is 3.01. The van der Waals surface area contributed by atoms with Gasteiger partial charge in [0.1, 0.15) is 0 Å². The van der Waals surface area contributed by atoms with Gasteiger partial charge in [-0.25, -0.2) is 0 Å². The fraction of sp³-hybridized carbons (Fsp3) is 0.733. The van der Waals surface area contributed by atoms with Crippen LogP contribution in [0, 0.1) is 5.92 Å². The first-order valence-corrected chi connectivity index (χ1v) is 8.22. The van der Waals surface area contributed by atoms with Crippen molar-refractivity contribution in [3.63, 3.8) is 0 Å². The van der Waals surface area contributed by atoms with Crippen molar-refractivity contribution in [1.82, 2.24) is 10.2 Å². The van der Waals surface area contributed by atoms with E-state index in [1.807, 2.05) is 11.3 Å². The first-order valence-electron chi connectivity index (χ1n) is 7.34. The summed E-state index contributed by atoms with van der Waals surface area (Å²) in [6.07, 6.45) is 5.36. The highest BCUT2D eigenvalue weighted by Crippen LogP contribution is 2.20. The fourth-order valence-electron chi connectivity index (χ4n) is 2.79. The minimum Gasteiger partial charge on any atom is -0.315 e. The van der Waals surface area contributed by atoms with E-state index in [1.165, 1.54) is 50.2 Å². The van der Waals surface area contributed by atoms with Gasteiger partial charge in [0.05, 0.1) is 0 Å². The lowest BCUT2D eigenvalue weighted by atomic mass is 10.0. The third kappa shape index (κ3) is 4.71. The molecule has 18 heavy (non-hydrogen) atoms. The molecule has 0 bridgehead atoms. The minimum absolute atomic E-state index is 0.973. The second kappa shape index (κ2) is 7.93. The van der Waals surface area contributed by atoms with E-state index in [1.54, 1.807) is 0 Å². The van der Waals surface area contributed by atoms with Crippen molar-refractivity contribution in [2.75, 3.05) is 32.7 Å². The van der Waals surface area contributed by atoms with E-state index in [0.29, 0.717) is 0 Å². The molecule has 1 aromatic rings. The Morgan fingerprint density at radius 1 is 1.44 bits per heavy atom. The van der Waals surface area contributed by atoms with Gasteiger partial charge in [0.2, 0.25) is 0 Å². The summed E-state index contributed by atoms with van der Waals surface area (Å²) in [6, 6.07) is 4.36. The highest BCUT2D eigenvalue weighted by molar-refractivity contribution is 7.09. The molecule has 1 unspecified atom stereocenters. The smallest absolute Gasteiger partial charge is 0.0107 e. The number of nitrogens with one attached hydrogen (secondary N) is 1. The van der Waals surface area contributed by atoms with E-state index in [0.717, 1.165) is 19.0 Å². The second-order valence-electron chi connectivity index (χ2n) is 5.32. The second-order valence-corrected chi connectivity index (χ2v) is 6.36. The van der Waals surface area contributed by atoms with E-state index >= 15 is 0 Å². The first-order chi connectivity index (χ1) is 8.88. The van der Waals surface area contributed by atoms with E-state index in [4.69, 9.17) is 0 Å². The number of hydrogen-bond acceptors (Lipinski definition) is 3. The summed E-state index contributed by atoms with van der Waals surface area (Å²) in [5.41, 5.74) is 0. The third-order valence-electron chi connectivity index (χ3n) is 3.80. The molecule has 3 heteroatoms. The molecule has 0 amide bonds. The van der Waals surface area contributed by atoms with Gasteiger partial charge in [-0.15, -0.1) is 11.3 Å². The summed E-state index contributed by atoms with van der Waals surface area (Å²) in [5, 5.41) is 5.72. The predicted molar refractivity (Wildman–Crippen MR) is 80.3 cm³/mol. The van der Waals surface area contributed by atoms with Crippen molar-refractivity contribution >= 4 is 11.3 Å². The van der Waals surface area contributed by atoms with Crippen molar-refractivity contribution in [3.05, 3.63) is 22.4 Å². The van der Waals surface area contributed by atoms with Crippen LogP contribution < -0.4 is 5.32 Å². The molecule has 2 nitrogen and oxygen atoms in total. The molecule has 1 aliphatic heterocycles. The maximum absolute atomic E-state index is 3.56. The molecular weight excluding hydrogens is 240 g/mol. The van der Waals surface area contributed by atoms with Gasteiger partial charge < -0.3 is 10.2 Å². The Hall–Kier alpha value is -0.380. The van der Waals surface area contributed by atoms with Crippen molar-refractivity contribution in [2.24, 2.45) is 5.92 Å². The van der Waals surface area contributed by atoms with Crippen molar-refractivity contribution in [2.45, 2.75) is 32.6 Å². The van der Waals surface area contributed by atoms with E-state index < -0.39 is 0 Å². The maximum Gasteiger partial charge on any atom is 0.0107 e. The Balaban J connectivity index is 1.49. The SMILES string of the molecule is CCCC1CCN(CCNCCc2cccs2)C1. The van der Waals surface area contributed by atoms with Gasteiger partial charge in [-0.3, -0.25) is 0 Å². The maximum atomic E-state index is 3.56. The standard InChI is InChI=1S/C15H26N2S/c1-2-4-14-7-10-17(13-14)11-9-16-8-6-15-5-3-12-18-15/h3,5,12,14,16H,2,4,6-11,13H2,1H3. The summed E-state index contributed by atoms with van der Waals surface area (Å²) < 4.78 is 0. The molecule has 1 fully saturated rings. The Labute approximate surface area is 115 Å². The molecule has 1 atom stereocenters. The summed E-state index contributed by atoms with van der Waals surface area (Å²) in [6.45, 7) is 8.44. The Kier molecular flexibility index (Phi) is 6.18. The largest absolute Gasteiger partial charge is 0.315 e. The molecule has 0 aliphatic carbocycles. The van der Waals surface area contributed by atoms with Gasteiger partial charge in [-0.05, 0) is 43.2 Å². The fourth-order valence-corrected chi connectivity index (χ4v) is 3.50. The Morgan fingerprint density at radius 2 is 2.39 bits per heavy atom. The van der Waals surface area contributed by atoms with Gasteiger partial charge in [-0.1, -0.05) is 19.4 Å². The lowest BCUT2D eigenvalue weighted by Crippen LogP contribution is -2.31. The molecule has 2 rings (SSSR count). The molecule has 0 saturated carbocycles. The molecule has 0 radical (unpaired) electrons. The predicted octanol–water partition coefficient (Wildman–Crippen LogP) is 3.00. The van der Waals surface area contributed by atoms with Crippen molar-refractivity contribution in [1.29, 1.82) is 0 Å². The van der Waals surface area contributed by atoms with Crippen LogP contribution in [0.1, 0.15) is 31.1 Å². The van der Waals surface area contributed by atoms with Gasteiger partial charge in [0.15, 0.2) is 0 Å². The number of thiophene rings is 1. The number of likely N-dealkylation sites (tertiary alicyclic amines) is 1. The molecule has 1 aliphatic rings. The monoisotopic (exact) mass is 266 g/mol.